The number of alkyl halides is 2. The van der Waals surface area contributed by atoms with Crippen molar-refractivity contribution in [2.24, 2.45) is 7.05 Å². The first kappa shape index (κ1) is 14.0. The van der Waals surface area contributed by atoms with Crippen LogP contribution in [-0.2, 0) is 17.8 Å². The maximum absolute atomic E-state index is 12.8. The van der Waals surface area contributed by atoms with Crippen molar-refractivity contribution in [2.45, 2.75) is 5.92 Å². The number of imidazole rings is 1. The SMILES string of the molecule is Cn1c(Br)cnc1C(F)(F)C(=O)[O-].[Na+]. The molecule has 4 nitrogen and oxygen atoms in total. The Bertz CT molecular complexity index is 356. The van der Waals surface area contributed by atoms with E-state index in [-0.39, 0.29) is 34.2 Å². The summed E-state index contributed by atoms with van der Waals surface area (Å²) in [5.74, 6) is -7.39. The molecule has 0 amide bonds. The van der Waals surface area contributed by atoms with Gasteiger partial charge in [-0.3, -0.25) is 0 Å². The van der Waals surface area contributed by atoms with E-state index in [0.29, 0.717) is 0 Å². The number of aliphatic carboxylic acids is 1. The molecular formula is C6H4BrF2N2NaO2. The fraction of sp³-hybridized carbons (Fsp3) is 0.333. The van der Waals surface area contributed by atoms with Crippen molar-refractivity contribution >= 4 is 21.9 Å². The summed E-state index contributed by atoms with van der Waals surface area (Å²) in [6.45, 7) is 0. The Morgan fingerprint density at radius 3 is 2.50 bits per heavy atom. The van der Waals surface area contributed by atoms with Gasteiger partial charge in [0.1, 0.15) is 10.6 Å². The Labute approximate surface area is 109 Å². The van der Waals surface area contributed by atoms with Crippen LogP contribution >= 0.6 is 15.9 Å². The molecule has 0 saturated carbocycles. The molecule has 0 radical (unpaired) electrons. The summed E-state index contributed by atoms with van der Waals surface area (Å²) in [6, 6.07) is 0. The van der Waals surface area contributed by atoms with Gasteiger partial charge in [-0.15, -0.1) is 0 Å². The number of hydrogen-bond acceptors (Lipinski definition) is 3. The Morgan fingerprint density at radius 2 is 2.21 bits per heavy atom. The second-order valence-corrected chi connectivity index (χ2v) is 3.14. The number of hydrogen-bond donors (Lipinski definition) is 0. The summed E-state index contributed by atoms with van der Waals surface area (Å²) in [5.41, 5.74) is 0. The van der Waals surface area contributed by atoms with Crippen LogP contribution in [0.5, 0.6) is 0 Å². The van der Waals surface area contributed by atoms with E-state index in [1.165, 1.54) is 7.05 Å². The first-order valence-electron chi connectivity index (χ1n) is 3.14. The average molecular weight is 277 g/mol. The third-order valence-electron chi connectivity index (χ3n) is 1.47. The maximum atomic E-state index is 12.8. The van der Waals surface area contributed by atoms with Crippen LogP contribution in [0.15, 0.2) is 10.8 Å². The number of aromatic nitrogens is 2. The molecule has 0 N–H and O–H groups in total. The zero-order valence-corrected chi connectivity index (χ0v) is 11.0. The molecule has 0 aliphatic rings. The second-order valence-electron chi connectivity index (χ2n) is 2.33. The number of rotatable bonds is 2. The summed E-state index contributed by atoms with van der Waals surface area (Å²) in [7, 11) is 1.27. The fourth-order valence-corrected chi connectivity index (χ4v) is 1.04. The molecular weight excluding hydrogens is 273 g/mol. The molecule has 0 aliphatic heterocycles. The van der Waals surface area contributed by atoms with Crippen molar-refractivity contribution in [2.75, 3.05) is 0 Å². The van der Waals surface area contributed by atoms with E-state index < -0.39 is 17.7 Å². The summed E-state index contributed by atoms with van der Waals surface area (Å²) in [5, 5.41) is 10.1. The number of halogens is 3. The van der Waals surface area contributed by atoms with Gasteiger partial charge in [-0.25, -0.2) is 4.98 Å². The van der Waals surface area contributed by atoms with Gasteiger partial charge in [0.25, 0.3) is 0 Å². The van der Waals surface area contributed by atoms with Crippen molar-refractivity contribution in [1.29, 1.82) is 0 Å². The van der Waals surface area contributed by atoms with Gasteiger partial charge in [-0.05, 0) is 15.9 Å². The van der Waals surface area contributed by atoms with Crippen LogP contribution < -0.4 is 34.7 Å². The molecule has 14 heavy (non-hydrogen) atoms. The van der Waals surface area contributed by atoms with E-state index in [4.69, 9.17) is 0 Å². The van der Waals surface area contributed by atoms with Gasteiger partial charge in [-0.1, -0.05) is 0 Å². The molecule has 1 aromatic heterocycles. The van der Waals surface area contributed by atoms with E-state index in [1.54, 1.807) is 0 Å². The van der Waals surface area contributed by atoms with Crippen LogP contribution in [0.25, 0.3) is 0 Å². The predicted molar refractivity (Wildman–Crippen MR) is 39.8 cm³/mol. The van der Waals surface area contributed by atoms with Crippen LogP contribution in [0.2, 0.25) is 0 Å². The molecule has 0 saturated heterocycles. The summed E-state index contributed by atoms with van der Waals surface area (Å²) < 4.78 is 26.8. The first-order valence-corrected chi connectivity index (χ1v) is 3.93. The van der Waals surface area contributed by atoms with Crippen molar-refractivity contribution in [1.82, 2.24) is 9.55 Å². The van der Waals surface area contributed by atoms with Crippen LogP contribution in [0, 0.1) is 0 Å². The molecule has 72 valence electrons. The molecule has 0 unspecified atom stereocenters. The second kappa shape index (κ2) is 4.69. The first-order chi connectivity index (χ1) is 5.87. The summed E-state index contributed by atoms with van der Waals surface area (Å²) in [6.07, 6.45) is 1.09. The molecule has 8 heteroatoms. The molecule has 0 spiro atoms. The van der Waals surface area contributed by atoms with Gasteiger partial charge in [0, 0.05) is 7.05 Å². The molecule has 0 bridgehead atoms. The van der Waals surface area contributed by atoms with Gasteiger partial charge >= 0.3 is 35.5 Å². The number of carbonyl (C=O) groups is 1. The standard InChI is InChI=1S/C6H5BrF2N2O2.Na/c1-11-3(7)2-10-4(11)6(8,9)5(12)13;/h2H,1H3,(H,12,13);/q;+1/p-1. The minimum Gasteiger partial charge on any atom is -0.544 e. The van der Waals surface area contributed by atoms with Crippen molar-refractivity contribution in [3.05, 3.63) is 16.6 Å². The van der Waals surface area contributed by atoms with Crippen LogP contribution in [0.1, 0.15) is 5.82 Å². The van der Waals surface area contributed by atoms with Crippen LogP contribution in [-0.4, -0.2) is 15.5 Å². The topological polar surface area (TPSA) is 58.0 Å². The van der Waals surface area contributed by atoms with Gasteiger partial charge in [0.15, 0.2) is 5.82 Å². The van der Waals surface area contributed by atoms with E-state index in [1.807, 2.05) is 0 Å². The van der Waals surface area contributed by atoms with E-state index in [2.05, 4.69) is 20.9 Å². The quantitative estimate of drug-likeness (QED) is 0.542. The molecule has 0 fully saturated rings. The third-order valence-corrected chi connectivity index (χ3v) is 2.21. The molecule has 0 atom stereocenters. The van der Waals surface area contributed by atoms with E-state index in [9.17, 15) is 18.7 Å². The van der Waals surface area contributed by atoms with Crippen LogP contribution in [0.4, 0.5) is 8.78 Å². The zero-order chi connectivity index (χ0) is 10.2. The van der Waals surface area contributed by atoms with Crippen molar-refractivity contribution in [3.63, 3.8) is 0 Å². The van der Waals surface area contributed by atoms with Gasteiger partial charge in [0.05, 0.1) is 6.20 Å². The smallest absolute Gasteiger partial charge is 0.544 e. The van der Waals surface area contributed by atoms with Crippen molar-refractivity contribution in [3.8, 4) is 0 Å². The number of carbonyl (C=O) groups excluding carboxylic acids is 1. The molecule has 0 aliphatic carbocycles. The van der Waals surface area contributed by atoms with Gasteiger partial charge < -0.3 is 14.5 Å². The number of carboxylic acid groups (broad SMARTS) is 1. The molecule has 1 aromatic rings. The predicted octanol–water partition coefficient (Wildman–Crippen LogP) is -2.97. The van der Waals surface area contributed by atoms with Gasteiger partial charge in [0.2, 0.25) is 0 Å². The van der Waals surface area contributed by atoms with E-state index in [0.717, 1.165) is 10.8 Å². The Balaban J connectivity index is 0.00000169. The average Bonchev–Trinajstić information content (AvgIpc) is 2.33. The minimum absolute atomic E-state index is 0. The zero-order valence-electron chi connectivity index (χ0n) is 7.42. The maximum Gasteiger partial charge on any atom is 1.00 e. The van der Waals surface area contributed by atoms with E-state index >= 15 is 0 Å². The largest absolute Gasteiger partial charge is 1.00 e. The Morgan fingerprint density at radius 1 is 1.71 bits per heavy atom. The molecule has 1 heterocycles. The van der Waals surface area contributed by atoms with Crippen LogP contribution in [0.3, 0.4) is 0 Å². The Kier molecular flexibility index (Phi) is 4.70. The monoisotopic (exact) mass is 276 g/mol. The molecule has 1 rings (SSSR count). The normalized spacial score (nSPS) is 10.9. The number of nitrogens with zero attached hydrogens (tertiary/aromatic N) is 2. The Hall–Kier alpha value is 0.0200. The summed E-state index contributed by atoms with van der Waals surface area (Å²) >= 11 is 2.91. The molecule has 0 aromatic carbocycles. The summed E-state index contributed by atoms with van der Waals surface area (Å²) in [4.78, 5) is 13.3. The van der Waals surface area contributed by atoms with Gasteiger partial charge in [-0.2, -0.15) is 8.78 Å². The minimum atomic E-state index is -4.07. The number of carboxylic acids is 1. The third kappa shape index (κ3) is 2.33. The van der Waals surface area contributed by atoms with Crippen molar-refractivity contribution < 1.29 is 48.2 Å². The fourth-order valence-electron chi connectivity index (χ4n) is 0.772.